The molecule has 0 spiro atoms. The second-order valence-corrected chi connectivity index (χ2v) is 15.7. The number of ether oxygens (including phenoxy) is 4. The summed E-state index contributed by atoms with van der Waals surface area (Å²) in [7, 11) is 11.7. The molecule has 3 heterocycles. The van der Waals surface area contributed by atoms with Crippen molar-refractivity contribution < 1.29 is 33.3 Å². The summed E-state index contributed by atoms with van der Waals surface area (Å²) < 4.78 is 25.4. The van der Waals surface area contributed by atoms with Gasteiger partial charge in [0.1, 0.15) is 12.0 Å². The highest BCUT2D eigenvalue weighted by molar-refractivity contribution is 6.04. The maximum absolute atomic E-state index is 14.3. The highest BCUT2D eigenvalue weighted by atomic mass is 16.7. The van der Waals surface area contributed by atoms with Gasteiger partial charge in [0.15, 0.2) is 12.1 Å². The van der Waals surface area contributed by atoms with E-state index in [1.165, 1.54) is 0 Å². The molecule has 0 saturated carbocycles. The average molecular weight is 653 g/mol. The van der Waals surface area contributed by atoms with Crippen molar-refractivity contribution in [1.29, 1.82) is 0 Å². The number of methoxy groups -OCH3 is 1. The third kappa shape index (κ3) is 9.50. The molecule has 0 aromatic rings. The molecule has 3 saturated heterocycles. The molecule has 9 atom stereocenters. The van der Waals surface area contributed by atoms with E-state index in [2.05, 4.69) is 44.8 Å². The molecular formula is C35H64N4O7. The number of rotatable bonds is 7. The number of hydrogen-bond acceptors (Lipinski definition) is 10. The van der Waals surface area contributed by atoms with Crippen molar-refractivity contribution in [1.82, 2.24) is 19.6 Å². The molecule has 3 fully saturated rings. The quantitative estimate of drug-likeness (QED) is 0.301. The van der Waals surface area contributed by atoms with Crippen LogP contribution in [-0.2, 0) is 33.3 Å². The molecule has 0 bridgehead atoms. The minimum absolute atomic E-state index is 0.00512. The van der Waals surface area contributed by atoms with Gasteiger partial charge in [-0.1, -0.05) is 13.8 Å². The summed E-state index contributed by atoms with van der Waals surface area (Å²) >= 11 is 0. The van der Waals surface area contributed by atoms with Gasteiger partial charge in [0.05, 0.1) is 24.4 Å². The van der Waals surface area contributed by atoms with Gasteiger partial charge in [-0.2, -0.15) is 0 Å². The van der Waals surface area contributed by atoms with Gasteiger partial charge in [0, 0.05) is 51.2 Å². The van der Waals surface area contributed by atoms with Crippen LogP contribution in [0.4, 0.5) is 0 Å². The number of hydrogen-bond donors (Lipinski definition) is 0. The number of likely N-dealkylation sites (tertiary alicyclic amines) is 1. The van der Waals surface area contributed by atoms with E-state index < -0.39 is 35.3 Å². The Morgan fingerprint density at radius 3 is 2.33 bits per heavy atom. The van der Waals surface area contributed by atoms with E-state index >= 15 is 0 Å². The Morgan fingerprint density at radius 1 is 1.04 bits per heavy atom. The van der Waals surface area contributed by atoms with Crippen molar-refractivity contribution in [3.8, 4) is 0 Å². The lowest BCUT2D eigenvalue weighted by Crippen LogP contribution is -2.55. The Kier molecular flexibility index (Phi) is 13.7. The van der Waals surface area contributed by atoms with Crippen LogP contribution in [0.3, 0.4) is 0 Å². The first kappa shape index (κ1) is 38.8. The van der Waals surface area contributed by atoms with E-state index in [1.807, 2.05) is 37.7 Å². The van der Waals surface area contributed by atoms with Gasteiger partial charge in [-0.3, -0.25) is 19.3 Å². The molecule has 266 valence electrons. The van der Waals surface area contributed by atoms with Crippen LogP contribution >= 0.6 is 0 Å². The number of likely N-dealkylation sites (N-methyl/N-ethyl adjacent to an activating group) is 2. The lowest BCUT2D eigenvalue weighted by molar-refractivity contribution is -0.263. The molecule has 1 amide bonds. The predicted octanol–water partition coefficient (Wildman–Crippen LogP) is 3.15. The number of esters is 1. The predicted molar refractivity (Wildman–Crippen MR) is 178 cm³/mol. The van der Waals surface area contributed by atoms with E-state index in [-0.39, 0.29) is 48.3 Å². The largest absolute Gasteiger partial charge is 0.463 e. The minimum atomic E-state index is -1.40. The minimum Gasteiger partial charge on any atom is -0.463 e. The van der Waals surface area contributed by atoms with E-state index in [9.17, 15) is 14.4 Å². The Labute approximate surface area is 278 Å². The Bertz CT molecular complexity index is 1040. The third-order valence-corrected chi connectivity index (χ3v) is 10.7. The summed E-state index contributed by atoms with van der Waals surface area (Å²) in [5.41, 5.74) is -2.23. The maximum Gasteiger partial charge on any atom is 0.319 e. The number of carbonyl (C=O) groups is 3. The zero-order valence-corrected chi connectivity index (χ0v) is 30.8. The highest BCUT2D eigenvalue weighted by Crippen LogP contribution is 2.38. The Balaban J connectivity index is 1.94. The molecule has 0 radical (unpaired) electrons. The van der Waals surface area contributed by atoms with Crippen molar-refractivity contribution in [2.45, 2.75) is 110 Å². The first-order chi connectivity index (χ1) is 21.4. The number of ketones is 1. The monoisotopic (exact) mass is 652 g/mol. The Hall–Kier alpha value is -1.63. The first-order valence-corrected chi connectivity index (χ1v) is 17.3. The van der Waals surface area contributed by atoms with Gasteiger partial charge in [0.25, 0.3) is 0 Å². The summed E-state index contributed by atoms with van der Waals surface area (Å²) in [5.74, 6) is -1.04. The van der Waals surface area contributed by atoms with Gasteiger partial charge < -0.3 is 33.6 Å². The van der Waals surface area contributed by atoms with Crippen LogP contribution in [0.2, 0.25) is 0 Å². The zero-order valence-electron chi connectivity index (χ0n) is 30.8. The fourth-order valence-corrected chi connectivity index (χ4v) is 7.93. The molecule has 11 nitrogen and oxygen atoms in total. The fourth-order valence-electron chi connectivity index (χ4n) is 7.93. The van der Waals surface area contributed by atoms with Crippen molar-refractivity contribution in [3.05, 3.63) is 0 Å². The Morgan fingerprint density at radius 2 is 1.72 bits per heavy atom. The topological polar surface area (TPSA) is 101 Å². The third-order valence-electron chi connectivity index (χ3n) is 10.7. The number of carbonyl (C=O) groups excluding carboxylic acids is 3. The standard InChI is InChI=1S/C35H64N4O7/c1-23-18-35(6,43-12)32(46-30-17-27(37(9)10)16-24(2)45-30)25(3)31(41)34(4,5)33(42)44-22-28(38(11)19-23)26-14-13-15-39(20-26)29(40)21-36(7)8/h23-28,30,32H,13-22H2,1-12H3/t23-,24-,25+,26?,27+,28?,30+,32-,35-/m1/s1. The molecule has 0 N–H and O–H groups in total. The molecular weight excluding hydrogens is 588 g/mol. The molecule has 3 aliphatic heterocycles. The van der Waals surface area contributed by atoms with Crippen LogP contribution in [-0.4, -0.2) is 149 Å². The van der Waals surface area contributed by atoms with Crippen LogP contribution in [0, 0.1) is 23.2 Å². The van der Waals surface area contributed by atoms with Crippen LogP contribution in [0.15, 0.2) is 0 Å². The van der Waals surface area contributed by atoms with Crippen LogP contribution in [0.1, 0.15) is 73.6 Å². The van der Waals surface area contributed by atoms with E-state index in [4.69, 9.17) is 18.9 Å². The van der Waals surface area contributed by atoms with Crippen molar-refractivity contribution in [2.75, 3.05) is 75.1 Å². The maximum atomic E-state index is 14.3. The number of amides is 1. The summed E-state index contributed by atoms with van der Waals surface area (Å²) in [5, 5.41) is 0. The zero-order chi connectivity index (χ0) is 34.6. The van der Waals surface area contributed by atoms with Gasteiger partial charge >= 0.3 is 5.97 Å². The molecule has 46 heavy (non-hydrogen) atoms. The van der Waals surface area contributed by atoms with Crippen LogP contribution in [0.25, 0.3) is 0 Å². The smallest absolute Gasteiger partial charge is 0.319 e. The SMILES string of the molecule is CO[C@]1(C)C[C@@H](C)CN(C)C(C2CCCN(C(=O)CN(C)C)C2)COC(=O)C(C)(C)C(=O)[C@H](C)[C@H]1O[C@H]1C[C@@H](N(C)C)C[C@@H](C)O1. The fraction of sp³-hybridized carbons (Fsp3) is 0.914. The number of nitrogens with zero attached hydrogens (tertiary/aromatic N) is 4. The van der Waals surface area contributed by atoms with Crippen molar-refractivity contribution in [3.63, 3.8) is 0 Å². The lowest BCUT2D eigenvalue weighted by atomic mass is 9.74. The summed E-state index contributed by atoms with van der Waals surface area (Å²) in [6.45, 7) is 14.0. The summed E-state index contributed by atoms with van der Waals surface area (Å²) in [6, 6.07) is 0.180. The molecule has 0 aromatic heterocycles. The van der Waals surface area contributed by atoms with Gasteiger partial charge in [0.2, 0.25) is 5.91 Å². The molecule has 2 unspecified atom stereocenters. The van der Waals surface area contributed by atoms with E-state index in [1.54, 1.807) is 21.0 Å². The van der Waals surface area contributed by atoms with Crippen LogP contribution < -0.4 is 0 Å². The number of Topliss-reactive ketones (excluding diaryl/α,β-unsaturated/α-hetero) is 1. The average Bonchev–Trinajstić information content (AvgIpc) is 2.98. The van der Waals surface area contributed by atoms with E-state index in [0.717, 1.165) is 32.4 Å². The van der Waals surface area contributed by atoms with Crippen molar-refractivity contribution in [2.24, 2.45) is 23.2 Å². The summed E-state index contributed by atoms with van der Waals surface area (Å²) in [4.78, 5) is 49.3. The first-order valence-electron chi connectivity index (χ1n) is 17.3. The summed E-state index contributed by atoms with van der Waals surface area (Å²) in [6.07, 6.45) is 2.88. The van der Waals surface area contributed by atoms with Gasteiger partial charge in [-0.25, -0.2) is 0 Å². The molecule has 3 aliphatic rings. The van der Waals surface area contributed by atoms with Gasteiger partial charge in [-0.05, 0) is 100 Å². The highest BCUT2D eigenvalue weighted by Gasteiger charge is 2.50. The second kappa shape index (κ2) is 16.2. The second-order valence-electron chi connectivity index (χ2n) is 15.7. The molecule has 11 heteroatoms. The molecule has 0 aliphatic carbocycles. The van der Waals surface area contributed by atoms with Crippen molar-refractivity contribution >= 4 is 17.7 Å². The molecule has 3 rings (SSSR count). The van der Waals surface area contributed by atoms with Crippen LogP contribution in [0.5, 0.6) is 0 Å². The van der Waals surface area contributed by atoms with E-state index in [0.29, 0.717) is 25.9 Å². The lowest BCUT2D eigenvalue weighted by Gasteiger charge is -2.45. The number of piperidine rings is 1. The van der Waals surface area contributed by atoms with Gasteiger partial charge in [-0.15, -0.1) is 0 Å². The normalized spacial score (nSPS) is 37.4. The number of cyclic esters (lactones) is 1. The molecule has 0 aromatic carbocycles.